The Bertz CT molecular complexity index is 803. The molecule has 1 aliphatic carbocycles. The van der Waals surface area contributed by atoms with Crippen LogP contribution in [0.1, 0.15) is 22.6 Å². The molecule has 0 amide bonds. The van der Waals surface area contributed by atoms with Crippen LogP contribution in [0, 0.1) is 11.8 Å². The van der Waals surface area contributed by atoms with Crippen LogP contribution in [0.5, 0.6) is 23.0 Å². The number of hydrogen-bond donors (Lipinski definition) is 3. The minimum atomic E-state index is -0.176. The number of ether oxygens (including phenoxy) is 3. The lowest BCUT2D eigenvalue weighted by Crippen LogP contribution is -2.35. The van der Waals surface area contributed by atoms with Gasteiger partial charge in [0.15, 0.2) is 23.0 Å². The average molecular weight is 374 g/mol. The van der Waals surface area contributed by atoms with Crippen LogP contribution < -0.4 is 14.2 Å². The molecule has 3 atom stereocenters. The number of phenols is 1. The van der Waals surface area contributed by atoms with Gasteiger partial charge < -0.3 is 29.5 Å². The Balaban J connectivity index is 2.20. The Hall–Kier alpha value is -2.44. The van der Waals surface area contributed by atoms with E-state index in [-0.39, 0.29) is 36.7 Å². The predicted molar refractivity (Wildman–Crippen MR) is 101 cm³/mol. The molecule has 2 aromatic rings. The van der Waals surface area contributed by atoms with Crippen molar-refractivity contribution in [3.05, 3.63) is 47.0 Å². The maximum atomic E-state index is 10.1. The summed E-state index contributed by atoms with van der Waals surface area (Å²) < 4.78 is 16.2. The highest BCUT2D eigenvalue weighted by Gasteiger charge is 2.38. The van der Waals surface area contributed by atoms with Crippen molar-refractivity contribution in [1.29, 1.82) is 0 Å². The van der Waals surface area contributed by atoms with E-state index >= 15 is 0 Å². The quantitative estimate of drug-likeness (QED) is 0.719. The van der Waals surface area contributed by atoms with Gasteiger partial charge in [-0.15, -0.1) is 0 Å². The Labute approximate surface area is 158 Å². The molecule has 2 aromatic carbocycles. The standard InChI is InChI=1S/C21H26O6/c1-25-18-7-12(4-5-17(18)24)21-15-9-20(27-3)19(26-2)8-13(15)6-14(10-22)16(21)11-23/h4-5,7-9,14,16,21-24H,6,10-11H2,1-3H3/t14-,16-,21-/m0/s1. The Morgan fingerprint density at radius 3 is 2.15 bits per heavy atom. The third kappa shape index (κ3) is 3.42. The summed E-state index contributed by atoms with van der Waals surface area (Å²) in [6, 6.07) is 9.07. The van der Waals surface area contributed by atoms with E-state index < -0.39 is 0 Å². The Morgan fingerprint density at radius 1 is 0.889 bits per heavy atom. The van der Waals surface area contributed by atoms with E-state index in [1.807, 2.05) is 18.2 Å². The number of hydrogen-bond acceptors (Lipinski definition) is 6. The van der Waals surface area contributed by atoms with Crippen molar-refractivity contribution in [2.45, 2.75) is 12.3 Å². The second-order valence-electron chi connectivity index (χ2n) is 6.81. The first-order valence-corrected chi connectivity index (χ1v) is 8.91. The highest BCUT2D eigenvalue weighted by Crippen LogP contribution is 2.47. The van der Waals surface area contributed by atoms with Crippen molar-refractivity contribution in [2.24, 2.45) is 11.8 Å². The first-order valence-electron chi connectivity index (χ1n) is 8.91. The lowest BCUT2D eigenvalue weighted by molar-refractivity contribution is 0.101. The molecule has 0 unspecified atom stereocenters. The van der Waals surface area contributed by atoms with Crippen molar-refractivity contribution >= 4 is 0 Å². The molecular formula is C21H26O6. The lowest BCUT2D eigenvalue weighted by atomic mass is 9.67. The zero-order chi connectivity index (χ0) is 19.6. The van der Waals surface area contributed by atoms with E-state index in [0.29, 0.717) is 23.7 Å². The molecule has 146 valence electrons. The molecule has 6 heteroatoms. The van der Waals surface area contributed by atoms with Crippen LogP contribution in [0.25, 0.3) is 0 Å². The fraction of sp³-hybridized carbons (Fsp3) is 0.429. The van der Waals surface area contributed by atoms with Crippen molar-refractivity contribution in [3.8, 4) is 23.0 Å². The lowest BCUT2D eigenvalue weighted by Gasteiger charge is -2.39. The fourth-order valence-corrected chi connectivity index (χ4v) is 4.11. The smallest absolute Gasteiger partial charge is 0.161 e. The van der Waals surface area contributed by atoms with Gasteiger partial charge in [-0.2, -0.15) is 0 Å². The average Bonchev–Trinajstić information content (AvgIpc) is 2.71. The topological polar surface area (TPSA) is 88.4 Å². The summed E-state index contributed by atoms with van der Waals surface area (Å²) in [6.07, 6.45) is 0.642. The molecule has 0 saturated heterocycles. The molecule has 0 aromatic heterocycles. The number of phenolic OH excluding ortho intramolecular Hbond substituents is 1. The first kappa shape index (κ1) is 19.3. The maximum absolute atomic E-state index is 10.1. The second-order valence-corrected chi connectivity index (χ2v) is 6.81. The van der Waals surface area contributed by atoms with E-state index in [1.165, 1.54) is 7.11 Å². The third-order valence-electron chi connectivity index (χ3n) is 5.50. The maximum Gasteiger partial charge on any atom is 0.161 e. The molecule has 3 N–H and O–H groups in total. The molecule has 3 rings (SSSR count). The molecule has 6 nitrogen and oxygen atoms in total. The number of fused-ring (bicyclic) bond motifs is 1. The van der Waals surface area contributed by atoms with Gasteiger partial charge in [0.05, 0.1) is 21.3 Å². The largest absolute Gasteiger partial charge is 0.504 e. The van der Waals surface area contributed by atoms with Crippen molar-refractivity contribution < 1.29 is 29.5 Å². The number of benzene rings is 2. The summed E-state index contributed by atoms with van der Waals surface area (Å²) in [5, 5.41) is 30.0. The van der Waals surface area contributed by atoms with Crippen LogP contribution >= 0.6 is 0 Å². The molecule has 0 radical (unpaired) electrons. The van der Waals surface area contributed by atoms with Gasteiger partial charge in [0.2, 0.25) is 0 Å². The van der Waals surface area contributed by atoms with Crippen molar-refractivity contribution in [1.82, 2.24) is 0 Å². The second kappa shape index (κ2) is 8.06. The normalized spacial score (nSPS) is 21.4. The molecule has 1 aliphatic rings. The van der Waals surface area contributed by atoms with E-state index in [2.05, 4.69) is 0 Å². The van der Waals surface area contributed by atoms with E-state index in [9.17, 15) is 15.3 Å². The van der Waals surface area contributed by atoms with Gasteiger partial charge in [-0.25, -0.2) is 0 Å². The molecule has 0 spiro atoms. The van der Waals surface area contributed by atoms with Crippen LogP contribution in [-0.4, -0.2) is 49.9 Å². The molecule has 27 heavy (non-hydrogen) atoms. The minimum Gasteiger partial charge on any atom is -0.504 e. The SMILES string of the molecule is COc1cc([C@H]2c3cc(OC)c(OC)cc3C[C@@H](CO)[C@@H]2CO)ccc1O. The molecule has 0 aliphatic heterocycles. The number of aliphatic hydroxyl groups is 2. The summed E-state index contributed by atoms with van der Waals surface area (Å²) >= 11 is 0. The monoisotopic (exact) mass is 374 g/mol. The van der Waals surface area contributed by atoms with E-state index in [1.54, 1.807) is 26.4 Å². The highest BCUT2D eigenvalue weighted by molar-refractivity contribution is 5.54. The van der Waals surface area contributed by atoms with Crippen LogP contribution in [0.15, 0.2) is 30.3 Å². The number of methoxy groups -OCH3 is 3. The fourth-order valence-electron chi connectivity index (χ4n) is 4.11. The molecular weight excluding hydrogens is 348 g/mol. The Morgan fingerprint density at radius 2 is 1.56 bits per heavy atom. The van der Waals surface area contributed by atoms with Crippen LogP contribution in [0.4, 0.5) is 0 Å². The van der Waals surface area contributed by atoms with Crippen LogP contribution in [0.3, 0.4) is 0 Å². The molecule has 0 fully saturated rings. The molecule has 0 saturated carbocycles. The Kier molecular flexibility index (Phi) is 5.77. The summed E-state index contributed by atoms with van der Waals surface area (Å²) in [5.41, 5.74) is 2.97. The van der Waals surface area contributed by atoms with Gasteiger partial charge in [-0.1, -0.05) is 6.07 Å². The van der Waals surface area contributed by atoms with Gasteiger partial charge in [0.25, 0.3) is 0 Å². The van der Waals surface area contributed by atoms with Gasteiger partial charge in [-0.05, 0) is 59.2 Å². The molecule has 0 bridgehead atoms. The van der Waals surface area contributed by atoms with Crippen LogP contribution in [-0.2, 0) is 6.42 Å². The molecule has 0 heterocycles. The van der Waals surface area contributed by atoms with E-state index in [0.717, 1.165) is 16.7 Å². The summed E-state index contributed by atoms with van der Waals surface area (Å²) in [5.74, 6) is 1.25. The van der Waals surface area contributed by atoms with E-state index in [4.69, 9.17) is 14.2 Å². The summed E-state index contributed by atoms with van der Waals surface area (Å²) in [6.45, 7) is -0.0857. The van der Waals surface area contributed by atoms with Gasteiger partial charge >= 0.3 is 0 Å². The zero-order valence-corrected chi connectivity index (χ0v) is 15.8. The third-order valence-corrected chi connectivity index (χ3v) is 5.50. The van der Waals surface area contributed by atoms with Gasteiger partial charge in [0.1, 0.15) is 0 Å². The number of rotatable bonds is 6. The van der Waals surface area contributed by atoms with Crippen LogP contribution in [0.2, 0.25) is 0 Å². The van der Waals surface area contributed by atoms with Crippen molar-refractivity contribution in [3.63, 3.8) is 0 Å². The number of aliphatic hydroxyl groups excluding tert-OH is 2. The summed E-state index contributed by atoms with van der Waals surface area (Å²) in [4.78, 5) is 0. The van der Waals surface area contributed by atoms with Gasteiger partial charge in [-0.3, -0.25) is 0 Å². The number of aromatic hydroxyl groups is 1. The first-order chi connectivity index (χ1) is 13.1. The predicted octanol–water partition coefficient (Wildman–Crippen LogP) is 2.32. The van der Waals surface area contributed by atoms with Gasteiger partial charge in [0, 0.05) is 19.1 Å². The highest BCUT2D eigenvalue weighted by atomic mass is 16.5. The zero-order valence-electron chi connectivity index (χ0n) is 15.8. The van der Waals surface area contributed by atoms with Crippen molar-refractivity contribution in [2.75, 3.05) is 34.5 Å². The minimum absolute atomic E-state index is 0.0231. The summed E-state index contributed by atoms with van der Waals surface area (Å²) in [7, 11) is 4.68.